The van der Waals surface area contributed by atoms with Crippen molar-refractivity contribution in [1.82, 2.24) is 0 Å². The van der Waals surface area contributed by atoms with E-state index in [4.69, 9.17) is 34.8 Å². The van der Waals surface area contributed by atoms with Crippen molar-refractivity contribution >= 4 is 62.1 Å². The van der Waals surface area contributed by atoms with Crippen molar-refractivity contribution < 1.29 is 13.2 Å². The van der Waals surface area contributed by atoms with E-state index >= 15 is 0 Å². The number of carbonyl (C=O) groups excluding carboxylic acids is 1. The number of hydrogen-bond donors (Lipinski definition) is 1. The highest BCUT2D eigenvalue weighted by Gasteiger charge is 2.18. The number of carbonyl (C=O) groups is 1. The molecule has 2 rings (SSSR count). The predicted molar refractivity (Wildman–Crippen MR) is 99.1 cm³/mol. The Labute approximate surface area is 155 Å². The molecular formula is C15H13Cl3N2O3S. The first-order valence-corrected chi connectivity index (χ1v) is 9.57. The zero-order valence-electron chi connectivity index (χ0n) is 12.7. The Balaban J connectivity index is 2.33. The van der Waals surface area contributed by atoms with Gasteiger partial charge in [0.05, 0.1) is 27.7 Å². The molecule has 0 bridgehead atoms. The fourth-order valence-electron chi connectivity index (χ4n) is 1.86. The van der Waals surface area contributed by atoms with E-state index in [0.717, 1.165) is 10.6 Å². The minimum Gasteiger partial charge on any atom is -0.321 e. The third-order valence-corrected chi connectivity index (χ3v) is 5.28. The van der Waals surface area contributed by atoms with Crippen LogP contribution in [-0.2, 0) is 10.0 Å². The maximum absolute atomic E-state index is 12.4. The lowest BCUT2D eigenvalue weighted by Gasteiger charge is -2.19. The van der Waals surface area contributed by atoms with Crippen LogP contribution in [0.1, 0.15) is 10.4 Å². The van der Waals surface area contributed by atoms with Crippen molar-refractivity contribution in [2.45, 2.75) is 0 Å². The summed E-state index contributed by atoms with van der Waals surface area (Å²) in [5, 5.41) is 3.59. The summed E-state index contributed by atoms with van der Waals surface area (Å²) in [6.45, 7) is 0. The van der Waals surface area contributed by atoms with Crippen LogP contribution in [0.5, 0.6) is 0 Å². The van der Waals surface area contributed by atoms with Gasteiger partial charge in [-0.15, -0.1) is 0 Å². The van der Waals surface area contributed by atoms with E-state index in [1.54, 1.807) is 12.1 Å². The van der Waals surface area contributed by atoms with Gasteiger partial charge in [-0.25, -0.2) is 8.42 Å². The molecule has 0 unspecified atom stereocenters. The van der Waals surface area contributed by atoms with Crippen LogP contribution in [0.2, 0.25) is 15.1 Å². The van der Waals surface area contributed by atoms with Crippen LogP contribution in [0.15, 0.2) is 36.4 Å². The van der Waals surface area contributed by atoms with Gasteiger partial charge in [-0.2, -0.15) is 0 Å². The van der Waals surface area contributed by atoms with Crippen molar-refractivity contribution in [2.75, 3.05) is 22.9 Å². The predicted octanol–water partition coefficient (Wildman–Crippen LogP) is 4.29. The molecule has 5 nitrogen and oxygen atoms in total. The summed E-state index contributed by atoms with van der Waals surface area (Å²) in [6.07, 6.45) is 1.05. The molecule has 0 aliphatic heterocycles. The van der Waals surface area contributed by atoms with Gasteiger partial charge in [0.1, 0.15) is 0 Å². The molecule has 128 valence electrons. The van der Waals surface area contributed by atoms with E-state index in [1.165, 1.54) is 31.3 Å². The minimum atomic E-state index is -3.51. The normalized spacial score (nSPS) is 11.2. The number of rotatable bonds is 4. The van der Waals surface area contributed by atoms with Gasteiger partial charge >= 0.3 is 0 Å². The Bertz CT molecular complexity index is 901. The molecule has 0 saturated carbocycles. The lowest BCUT2D eigenvalue weighted by Crippen LogP contribution is -2.25. The van der Waals surface area contributed by atoms with Crippen molar-refractivity contribution in [2.24, 2.45) is 0 Å². The molecule has 0 spiro atoms. The van der Waals surface area contributed by atoms with Crippen LogP contribution < -0.4 is 9.62 Å². The molecule has 9 heteroatoms. The second-order valence-corrected chi connectivity index (χ2v) is 8.24. The average Bonchev–Trinajstić information content (AvgIpc) is 2.49. The van der Waals surface area contributed by atoms with Crippen LogP contribution in [-0.4, -0.2) is 27.6 Å². The fraction of sp³-hybridized carbons (Fsp3) is 0.133. The van der Waals surface area contributed by atoms with Crippen molar-refractivity contribution in [3.05, 3.63) is 57.0 Å². The molecule has 2 aromatic carbocycles. The van der Waals surface area contributed by atoms with Gasteiger partial charge in [-0.3, -0.25) is 9.10 Å². The Kier molecular flexibility index (Phi) is 5.65. The first-order chi connectivity index (χ1) is 11.1. The summed E-state index contributed by atoms with van der Waals surface area (Å²) in [6, 6.07) is 9.00. The van der Waals surface area contributed by atoms with Crippen molar-refractivity contribution in [1.29, 1.82) is 0 Å². The molecular weight excluding hydrogens is 395 g/mol. The van der Waals surface area contributed by atoms with E-state index < -0.39 is 15.9 Å². The smallest absolute Gasteiger partial charge is 0.255 e. The molecule has 0 fully saturated rings. The van der Waals surface area contributed by atoms with E-state index in [0.29, 0.717) is 15.7 Å². The third kappa shape index (κ3) is 4.33. The van der Waals surface area contributed by atoms with Gasteiger partial charge in [0.15, 0.2) is 0 Å². The van der Waals surface area contributed by atoms with E-state index in [1.807, 2.05) is 0 Å². The Hall–Kier alpha value is -1.47. The topological polar surface area (TPSA) is 66.5 Å². The SMILES string of the molecule is CN(c1cc(C(=O)Nc2ccc(Cl)cc2Cl)ccc1Cl)S(C)(=O)=O. The van der Waals surface area contributed by atoms with Crippen LogP contribution in [0.25, 0.3) is 0 Å². The largest absolute Gasteiger partial charge is 0.321 e. The molecule has 2 aromatic rings. The Morgan fingerprint density at radius 2 is 1.71 bits per heavy atom. The molecule has 0 aromatic heterocycles. The number of halogens is 3. The molecule has 0 aliphatic rings. The highest BCUT2D eigenvalue weighted by Crippen LogP contribution is 2.29. The quantitative estimate of drug-likeness (QED) is 0.822. The van der Waals surface area contributed by atoms with Crippen LogP contribution >= 0.6 is 34.8 Å². The Morgan fingerprint density at radius 3 is 2.29 bits per heavy atom. The van der Waals surface area contributed by atoms with Crippen molar-refractivity contribution in [3.8, 4) is 0 Å². The molecule has 1 amide bonds. The molecule has 0 heterocycles. The van der Waals surface area contributed by atoms with Gasteiger partial charge in [0.25, 0.3) is 5.91 Å². The minimum absolute atomic E-state index is 0.203. The zero-order valence-corrected chi connectivity index (χ0v) is 15.8. The number of hydrogen-bond acceptors (Lipinski definition) is 3. The zero-order chi connectivity index (χ0) is 18.1. The van der Waals surface area contributed by atoms with Crippen LogP contribution in [0.4, 0.5) is 11.4 Å². The summed E-state index contributed by atoms with van der Waals surface area (Å²) in [5.74, 6) is -0.459. The fourth-order valence-corrected chi connectivity index (χ4v) is 3.12. The molecule has 0 aliphatic carbocycles. The summed E-state index contributed by atoms with van der Waals surface area (Å²) in [7, 11) is -2.15. The van der Waals surface area contributed by atoms with Crippen LogP contribution in [0.3, 0.4) is 0 Å². The van der Waals surface area contributed by atoms with Gasteiger partial charge < -0.3 is 5.32 Å². The maximum atomic E-state index is 12.4. The number of amides is 1. The number of nitrogens with one attached hydrogen (secondary N) is 1. The first-order valence-electron chi connectivity index (χ1n) is 6.59. The highest BCUT2D eigenvalue weighted by atomic mass is 35.5. The van der Waals surface area contributed by atoms with Crippen molar-refractivity contribution in [3.63, 3.8) is 0 Å². The summed E-state index contributed by atoms with van der Waals surface area (Å²) < 4.78 is 24.3. The first kappa shape index (κ1) is 18.9. The lowest BCUT2D eigenvalue weighted by molar-refractivity contribution is 0.102. The second kappa shape index (κ2) is 7.19. The van der Waals surface area contributed by atoms with Gasteiger partial charge in [-0.05, 0) is 36.4 Å². The number of benzene rings is 2. The molecule has 0 radical (unpaired) electrons. The summed E-state index contributed by atoms with van der Waals surface area (Å²) >= 11 is 17.9. The maximum Gasteiger partial charge on any atom is 0.255 e. The second-order valence-electron chi connectivity index (χ2n) is 4.97. The highest BCUT2D eigenvalue weighted by molar-refractivity contribution is 7.92. The monoisotopic (exact) mass is 406 g/mol. The van der Waals surface area contributed by atoms with Crippen LogP contribution in [0, 0.1) is 0 Å². The van der Waals surface area contributed by atoms with E-state index in [9.17, 15) is 13.2 Å². The van der Waals surface area contributed by atoms with Gasteiger partial charge in [0, 0.05) is 17.6 Å². The molecule has 0 atom stereocenters. The molecule has 24 heavy (non-hydrogen) atoms. The van der Waals surface area contributed by atoms with Gasteiger partial charge in [-0.1, -0.05) is 34.8 Å². The number of sulfonamides is 1. The molecule has 0 saturated heterocycles. The molecule has 1 N–H and O–H groups in total. The van der Waals surface area contributed by atoms with E-state index in [-0.39, 0.29) is 16.3 Å². The number of nitrogens with zero attached hydrogens (tertiary/aromatic N) is 1. The van der Waals surface area contributed by atoms with E-state index in [2.05, 4.69) is 5.32 Å². The average molecular weight is 408 g/mol. The summed E-state index contributed by atoms with van der Waals surface area (Å²) in [5.41, 5.74) is 0.823. The standard InChI is InChI=1S/C15H13Cl3N2O3S/c1-20(24(2,22)23)14-7-9(3-5-11(14)17)15(21)19-13-6-4-10(16)8-12(13)18/h3-8H,1-2H3,(H,19,21). The lowest BCUT2D eigenvalue weighted by atomic mass is 10.2. The Morgan fingerprint density at radius 1 is 1.04 bits per heavy atom. The number of anilines is 2. The summed E-state index contributed by atoms with van der Waals surface area (Å²) in [4.78, 5) is 12.4. The third-order valence-electron chi connectivity index (χ3n) is 3.22. The van der Waals surface area contributed by atoms with Gasteiger partial charge in [0.2, 0.25) is 10.0 Å².